The molecule has 1 atom stereocenters. The summed E-state index contributed by atoms with van der Waals surface area (Å²) in [6, 6.07) is 12.6. The molecule has 22 heavy (non-hydrogen) atoms. The van der Waals surface area contributed by atoms with Crippen molar-refractivity contribution in [2.75, 3.05) is 0 Å². The molecular weight excluding hydrogens is 308 g/mol. The highest BCUT2D eigenvalue weighted by atomic mass is 32.1. The zero-order valence-corrected chi connectivity index (χ0v) is 14.7. The molecule has 3 rings (SSSR count). The van der Waals surface area contributed by atoms with Crippen molar-refractivity contribution in [2.24, 2.45) is 5.73 Å². The number of hydrogen-bond acceptors (Lipinski definition) is 4. The van der Waals surface area contributed by atoms with Crippen molar-refractivity contribution in [1.82, 2.24) is 4.98 Å². The summed E-state index contributed by atoms with van der Waals surface area (Å²) in [4.78, 5) is 5.90. The molecule has 2 nitrogen and oxygen atoms in total. The van der Waals surface area contributed by atoms with Gasteiger partial charge in [0.2, 0.25) is 0 Å². The monoisotopic (exact) mass is 328 g/mol. The molecule has 0 saturated carbocycles. The Morgan fingerprint density at radius 2 is 1.77 bits per heavy atom. The van der Waals surface area contributed by atoms with E-state index in [9.17, 15) is 0 Å². The van der Waals surface area contributed by atoms with Crippen LogP contribution >= 0.6 is 22.7 Å². The molecule has 1 aromatic carbocycles. The number of nitrogens with two attached hydrogens (primary N) is 1. The molecule has 2 N–H and O–H groups in total. The lowest BCUT2D eigenvalue weighted by molar-refractivity contribution is 0.589. The van der Waals surface area contributed by atoms with Crippen molar-refractivity contribution in [1.29, 1.82) is 0 Å². The fourth-order valence-electron chi connectivity index (χ4n) is 2.30. The van der Waals surface area contributed by atoms with Crippen LogP contribution in [-0.2, 0) is 5.41 Å². The van der Waals surface area contributed by atoms with E-state index in [1.165, 1.54) is 10.4 Å². The minimum atomic E-state index is -0.160. The minimum absolute atomic E-state index is 0.160. The van der Waals surface area contributed by atoms with Crippen molar-refractivity contribution < 1.29 is 0 Å². The Morgan fingerprint density at radius 1 is 1.05 bits per heavy atom. The predicted molar refractivity (Wildman–Crippen MR) is 96.6 cm³/mol. The molecule has 0 fully saturated rings. The van der Waals surface area contributed by atoms with Gasteiger partial charge in [-0.05, 0) is 28.0 Å². The first-order valence-electron chi connectivity index (χ1n) is 7.30. The Morgan fingerprint density at radius 3 is 2.36 bits per heavy atom. The number of nitrogens with zero attached hydrogens (tertiary/aromatic N) is 1. The van der Waals surface area contributed by atoms with Crippen LogP contribution in [0.2, 0.25) is 0 Å². The summed E-state index contributed by atoms with van der Waals surface area (Å²) < 4.78 is 0. The maximum Gasteiger partial charge on any atom is 0.115 e. The molecule has 2 aromatic heterocycles. The largest absolute Gasteiger partial charge is 0.318 e. The second-order valence-corrected chi connectivity index (χ2v) is 8.24. The molecule has 114 valence electrons. The molecule has 0 aliphatic carbocycles. The zero-order valence-electron chi connectivity index (χ0n) is 13.0. The van der Waals surface area contributed by atoms with Gasteiger partial charge in [0.1, 0.15) is 5.01 Å². The summed E-state index contributed by atoms with van der Waals surface area (Å²) in [5.74, 6) is 0. The van der Waals surface area contributed by atoms with E-state index in [2.05, 4.69) is 61.9 Å². The third-order valence-electron chi connectivity index (χ3n) is 3.70. The van der Waals surface area contributed by atoms with E-state index >= 15 is 0 Å². The third-order valence-corrected chi connectivity index (χ3v) is 5.52. The first-order valence-corrected chi connectivity index (χ1v) is 9.06. The van der Waals surface area contributed by atoms with E-state index < -0.39 is 0 Å². The Bertz CT molecular complexity index is 734. The highest BCUT2D eigenvalue weighted by Crippen LogP contribution is 2.31. The molecule has 0 spiro atoms. The summed E-state index contributed by atoms with van der Waals surface area (Å²) in [7, 11) is 0. The highest BCUT2D eigenvalue weighted by Gasteiger charge is 2.17. The van der Waals surface area contributed by atoms with Gasteiger partial charge in [-0.3, -0.25) is 0 Å². The molecule has 3 aromatic rings. The quantitative estimate of drug-likeness (QED) is 0.716. The second-order valence-electron chi connectivity index (χ2n) is 6.40. The van der Waals surface area contributed by atoms with Crippen molar-refractivity contribution in [2.45, 2.75) is 32.2 Å². The molecule has 0 saturated heterocycles. The number of rotatable bonds is 3. The standard InChI is InChI=1S/C18H20N2S2/c1-18(2,3)13-8-6-12(7-9-13)16(19)17-20-14(11-22-17)15-5-4-10-21-15/h4-11,16H,19H2,1-3H3. The van der Waals surface area contributed by atoms with Crippen LogP contribution in [0.3, 0.4) is 0 Å². The molecule has 1 unspecified atom stereocenters. The van der Waals surface area contributed by atoms with E-state index in [0.717, 1.165) is 16.3 Å². The van der Waals surface area contributed by atoms with E-state index in [0.29, 0.717) is 0 Å². The van der Waals surface area contributed by atoms with Gasteiger partial charge < -0.3 is 5.73 Å². The SMILES string of the molecule is CC(C)(C)c1ccc(C(N)c2nc(-c3cccs3)cs2)cc1. The molecular formula is C18H20N2S2. The minimum Gasteiger partial charge on any atom is -0.318 e. The van der Waals surface area contributed by atoms with Gasteiger partial charge in [-0.1, -0.05) is 51.1 Å². The number of aromatic nitrogens is 1. The van der Waals surface area contributed by atoms with Crippen molar-refractivity contribution >= 4 is 22.7 Å². The fourth-order valence-corrected chi connectivity index (χ4v) is 3.91. The number of hydrogen-bond donors (Lipinski definition) is 1. The molecule has 0 amide bonds. The Hall–Kier alpha value is -1.49. The van der Waals surface area contributed by atoms with Crippen molar-refractivity contribution in [3.05, 3.63) is 63.3 Å². The van der Waals surface area contributed by atoms with Gasteiger partial charge in [-0.15, -0.1) is 22.7 Å². The molecule has 0 aliphatic heterocycles. The first kappa shape index (κ1) is 15.4. The highest BCUT2D eigenvalue weighted by molar-refractivity contribution is 7.14. The van der Waals surface area contributed by atoms with Gasteiger partial charge in [0, 0.05) is 5.38 Å². The fraction of sp³-hybridized carbons (Fsp3) is 0.278. The summed E-state index contributed by atoms with van der Waals surface area (Å²) in [5, 5.41) is 5.12. The van der Waals surface area contributed by atoms with Gasteiger partial charge in [-0.2, -0.15) is 0 Å². The first-order chi connectivity index (χ1) is 10.4. The third kappa shape index (κ3) is 3.14. The van der Waals surface area contributed by atoms with Crippen LogP contribution in [0.5, 0.6) is 0 Å². The van der Waals surface area contributed by atoms with E-state index in [4.69, 9.17) is 10.7 Å². The van der Waals surface area contributed by atoms with E-state index in [-0.39, 0.29) is 11.5 Å². The average Bonchev–Trinajstić information content (AvgIpc) is 3.16. The van der Waals surface area contributed by atoms with Crippen LogP contribution < -0.4 is 5.73 Å². The number of benzene rings is 1. The van der Waals surface area contributed by atoms with Crippen LogP contribution in [-0.4, -0.2) is 4.98 Å². The van der Waals surface area contributed by atoms with Crippen molar-refractivity contribution in [3.63, 3.8) is 0 Å². The number of thiazole rings is 1. The second kappa shape index (κ2) is 5.95. The predicted octanol–water partition coefficient (Wildman–Crippen LogP) is 5.22. The van der Waals surface area contributed by atoms with Gasteiger partial charge in [-0.25, -0.2) is 4.98 Å². The van der Waals surface area contributed by atoms with Gasteiger partial charge >= 0.3 is 0 Å². The van der Waals surface area contributed by atoms with E-state index in [1.807, 2.05) is 6.07 Å². The van der Waals surface area contributed by atoms with Crippen LogP contribution in [0.15, 0.2) is 47.2 Å². The molecule has 0 bridgehead atoms. The summed E-state index contributed by atoms with van der Waals surface area (Å²) >= 11 is 3.34. The Labute approximate surface area is 139 Å². The average molecular weight is 329 g/mol. The van der Waals surface area contributed by atoms with Gasteiger partial charge in [0.05, 0.1) is 16.6 Å². The lowest BCUT2D eigenvalue weighted by atomic mass is 9.86. The van der Waals surface area contributed by atoms with Gasteiger partial charge in [0.25, 0.3) is 0 Å². The topological polar surface area (TPSA) is 38.9 Å². The Balaban J connectivity index is 1.83. The van der Waals surface area contributed by atoms with E-state index in [1.54, 1.807) is 22.7 Å². The molecule has 0 radical (unpaired) electrons. The van der Waals surface area contributed by atoms with Crippen LogP contribution in [0.1, 0.15) is 42.9 Å². The van der Waals surface area contributed by atoms with Gasteiger partial charge in [0.15, 0.2) is 0 Å². The molecule has 4 heteroatoms. The summed E-state index contributed by atoms with van der Waals surface area (Å²) in [6.45, 7) is 6.65. The lowest BCUT2D eigenvalue weighted by Crippen LogP contribution is -2.14. The normalized spacial score (nSPS) is 13.3. The molecule has 0 aliphatic rings. The maximum absolute atomic E-state index is 6.39. The number of thiophene rings is 1. The van der Waals surface area contributed by atoms with Crippen LogP contribution in [0.4, 0.5) is 0 Å². The summed E-state index contributed by atoms with van der Waals surface area (Å²) in [5.41, 5.74) is 10.0. The zero-order chi connectivity index (χ0) is 15.7. The smallest absolute Gasteiger partial charge is 0.115 e. The maximum atomic E-state index is 6.39. The molecule has 2 heterocycles. The van der Waals surface area contributed by atoms with Crippen LogP contribution in [0, 0.1) is 0 Å². The lowest BCUT2D eigenvalue weighted by Gasteiger charge is -2.20. The van der Waals surface area contributed by atoms with Crippen molar-refractivity contribution in [3.8, 4) is 10.6 Å². The Kier molecular flexibility index (Phi) is 4.17. The van der Waals surface area contributed by atoms with Crippen LogP contribution in [0.25, 0.3) is 10.6 Å². The summed E-state index contributed by atoms with van der Waals surface area (Å²) in [6.07, 6.45) is 0.